The number of nitrogens with one attached hydrogen (secondary N) is 1. The van der Waals surface area contributed by atoms with Gasteiger partial charge in [0.25, 0.3) is 5.89 Å². The second kappa shape index (κ2) is 4.67. The summed E-state index contributed by atoms with van der Waals surface area (Å²) in [7, 11) is 0. The largest absolute Gasteiger partial charge is 0.441 e. The first-order valence-corrected chi connectivity index (χ1v) is 5.28. The van der Waals surface area contributed by atoms with Crippen molar-refractivity contribution in [1.82, 2.24) is 10.3 Å². The number of oxazole rings is 1. The molecule has 1 atom stereocenters. The van der Waals surface area contributed by atoms with Gasteiger partial charge in [-0.3, -0.25) is 9.59 Å². The summed E-state index contributed by atoms with van der Waals surface area (Å²) in [6.07, 6.45) is 1.34. The number of hydrogen-bond acceptors (Lipinski definition) is 5. The van der Waals surface area contributed by atoms with Crippen LogP contribution in [0.5, 0.6) is 0 Å². The quantitative estimate of drug-likeness (QED) is 0.800. The van der Waals surface area contributed by atoms with Crippen molar-refractivity contribution in [2.45, 2.75) is 39.3 Å². The number of carbonyl (C=O) groups is 2. The third-order valence-electron chi connectivity index (χ3n) is 2.32. The topological polar surface area (TPSA) is 98.2 Å². The van der Waals surface area contributed by atoms with E-state index in [0.29, 0.717) is 5.69 Å². The Balaban J connectivity index is 2.78. The summed E-state index contributed by atoms with van der Waals surface area (Å²) in [6, 6.07) is -0.566. The van der Waals surface area contributed by atoms with Crippen LogP contribution >= 0.6 is 0 Å². The van der Waals surface area contributed by atoms with Crippen molar-refractivity contribution < 1.29 is 14.0 Å². The van der Waals surface area contributed by atoms with Gasteiger partial charge in [-0.2, -0.15) is 0 Å². The molecule has 17 heavy (non-hydrogen) atoms. The van der Waals surface area contributed by atoms with Crippen molar-refractivity contribution in [1.29, 1.82) is 0 Å². The van der Waals surface area contributed by atoms with Crippen LogP contribution in [0.4, 0.5) is 0 Å². The second-order valence-electron chi connectivity index (χ2n) is 4.57. The van der Waals surface area contributed by atoms with Crippen molar-refractivity contribution in [3.8, 4) is 0 Å². The highest BCUT2D eigenvalue weighted by Crippen LogP contribution is 2.15. The van der Waals surface area contributed by atoms with Crippen LogP contribution in [0.2, 0.25) is 0 Å². The van der Waals surface area contributed by atoms with Crippen LogP contribution < -0.4 is 11.1 Å². The number of aromatic nitrogens is 1. The Morgan fingerprint density at radius 1 is 1.53 bits per heavy atom. The van der Waals surface area contributed by atoms with E-state index in [2.05, 4.69) is 10.3 Å². The fraction of sp³-hybridized carbons (Fsp3) is 0.545. The summed E-state index contributed by atoms with van der Waals surface area (Å²) in [5.74, 6) is -0.751. The van der Waals surface area contributed by atoms with Crippen LogP contribution in [0, 0.1) is 0 Å². The molecule has 1 rings (SSSR count). The molecule has 1 amide bonds. The first kappa shape index (κ1) is 13.4. The number of rotatable bonds is 4. The third-order valence-corrected chi connectivity index (χ3v) is 2.32. The van der Waals surface area contributed by atoms with Gasteiger partial charge in [0, 0.05) is 0 Å². The van der Waals surface area contributed by atoms with Gasteiger partial charge in [-0.1, -0.05) is 0 Å². The minimum Gasteiger partial charge on any atom is -0.441 e. The Morgan fingerprint density at radius 2 is 2.12 bits per heavy atom. The van der Waals surface area contributed by atoms with Crippen molar-refractivity contribution in [2.75, 3.05) is 0 Å². The fourth-order valence-corrected chi connectivity index (χ4v) is 1.03. The predicted molar refractivity (Wildman–Crippen MR) is 61.3 cm³/mol. The Hall–Kier alpha value is -1.69. The Morgan fingerprint density at radius 3 is 2.53 bits per heavy atom. The zero-order valence-electron chi connectivity index (χ0n) is 10.4. The summed E-state index contributed by atoms with van der Waals surface area (Å²) >= 11 is 0. The number of amides is 1. The zero-order chi connectivity index (χ0) is 13.2. The second-order valence-corrected chi connectivity index (χ2v) is 4.57. The van der Waals surface area contributed by atoms with Gasteiger partial charge in [-0.05, 0) is 27.7 Å². The predicted octanol–water partition coefficient (Wildman–Crippen LogP) is 0.576. The molecular weight excluding hydrogens is 222 g/mol. The SMILES string of the molecule is CC(=O)C(C)NC(=O)c1nc(C(C)(C)N)co1. The molecule has 1 heterocycles. The van der Waals surface area contributed by atoms with E-state index in [4.69, 9.17) is 10.2 Å². The molecule has 1 aromatic heterocycles. The van der Waals surface area contributed by atoms with Gasteiger partial charge in [0.15, 0.2) is 5.78 Å². The summed E-state index contributed by atoms with van der Waals surface area (Å²) in [5.41, 5.74) is 5.62. The van der Waals surface area contributed by atoms with Gasteiger partial charge < -0.3 is 15.5 Å². The summed E-state index contributed by atoms with van der Waals surface area (Å²) in [5, 5.41) is 2.47. The van der Waals surface area contributed by atoms with Crippen molar-refractivity contribution in [3.05, 3.63) is 17.8 Å². The van der Waals surface area contributed by atoms with E-state index in [0.717, 1.165) is 0 Å². The highest BCUT2D eigenvalue weighted by atomic mass is 16.4. The monoisotopic (exact) mass is 239 g/mol. The molecule has 0 aliphatic heterocycles. The normalized spacial score (nSPS) is 13.2. The van der Waals surface area contributed by atoms with Gasteiger partial charge in [-0.15, -0.1) is 0 Å². The molecule has 0 aliphatic carbocycles. The van der Waals surface area contributed by atoms with Crippen LogP contribution in [0.15, 0.2) is 10.7 Å². The molecule has 6 heteroatoms. The molecule has 0 radical (unpaired) electrons. The van der Waals surface area contributed by atoms with E-state index >= 15 is 0 Å². The molecule has 0 aromatic carbocycles. The summed E-state index contributed by atoms with van der Waals surface area (Å²) in [6.45, 7) is 6.50. The van der Waals surface area contributed by atoms with Gasteiger partial charge in [0.1, 0.15) is 6.26 Å². The summed E-state index contributed by atoms with van der Waals surface area (Å²) < 4.78 is 5.02. The maximum Gasteiger partial charge on any atom is 0.307 e. The van der Waals surface area contributed by atoms with E-state index in [1.54, 1.807) is 20.8 Å². The maximum absolute atomic E-state index is 11.6. The lowest BCUT2D eigenvalue weighted by Gasteiger charge is -2.13. The molecule has 1 unspecified atom stereocenters. The fourth-order valence-electron chi connectivity index (χ4n) is 1.03. The first-order chi connectivity index (χ1) is 7.71. The third kappa shape index (κ3) is 3.39. The Labute approximate surface area is 99.6 Å². The van der Waals surface area contributed by atoms with Crippen LogP contribution in [-0.4, -0.2) is 22.7 Å². The van der Waals surface area contributed by atoms with Crippen molar-refractivity contribution in [3.63, 3.8) is 0 Å². The molecule has 0 bridgehead atoms. The van der Waals surface area contributed by atoms with Crippen LogP contribution in [0.25, 0.3) is 0 Å². The molecule has 0 spiro atoms. The molecule has 94 valence electrons. The Bertz CT molecular complexity index is 431. The van der Waals surface area contributed by atoms with E-state index in [1.807, 2.05) is 0 Å². The molecule has 0 fully saturated rings. The minimum absolute atomic E-state index is 0.0911. The summed E-state index contributed by atoms with van der Waals surface area (Å²) in [4.78, 5) is 26.6. The van der Waals surface area contributed by atoms with Gasteiger partial charge >= 0.3 is 5.91 Å². The molecule has 0 saturated heterocycles. The van der Waals surface area contributed by atoms with Crippen LogP contribution in [0.1, 0.15) is 44.1 Å². The molecule has 0 saturated carbocycles. The van der Waals surface area contributed by atoms with Crippen molar-refractivity contribution >= 4 is 11.7 Å². The van der Waals surface area contributed by atoms with Crippen LogP contribution in [-0.2, 0) is 10.3 Å². The molecule has 6 nitrogen and oxygen atoms in total. The van der Waals surface area contributed by atoms with Gasteiger partial charge in [0.2, 0.25) is 0 Å². The minimum atomic E-state index is -0.672. The standard InChI is InChI=1S/C11H17N3O3/c1-6(7(2)15)13-9(16)10-14-8(5-17-10)11(3,4)12/h5-6H,12H2,1-4H3,(H,13,16). The first-order valence-electron chi connectivity index (χ1n) is 5.28. The average molecular weight is 239 g/mol. The smallest absolute Gasteiger partial charge is 0.307 e. The van der Waals surface area contributed by atoms with Gasteiger partial charge in [0.05, 0.1) is 17.3 Å². The number of hydrogen-bond donors (Lipinski definition) is 2. The number of nitrogens with two attached hydrogens (primary N) is 1. The zero-order valence-corrected chi connectivity index (χ0v) is 10.4. The lowest BCUT2D eigenvalue weighted by atomic mass is 10.0. The lowest BCUT2D eigenvalue weighted by Crippen LogP contribution is -2.37. The van der Waals surface area contributed by atoms with E-state index in [-0.39, 0.29) is 11.7 Å². The van der Waals surface area contributed by atoms with Crippen molar-refractivity contribution in [2.24, 2.45) is 5.73 Å². The van der Waals surface area contributed by atoms with E-state index < -0.39 is 17.5 Å². The number of nitrogens with zero attached hydrogens (tertiary/aromatic N) is 1. The van der Waals surface area contributed by atoms with Crippen LogP contribution in [0.3, 0.4) is 0 Å². The highest BCUT2D eigenvalue weighted by Gasteiger charge is 2.23. The number of Topliss-reactive ketones (excluding diaryl/α,β-unsaturated/α-hetero) is 1. The van der Waals surface area contributed by atoms with E-state index in [9.17, 15) is 9.59 Å². The van der Waals surface area contributed by atoms with E-state index in [1.165, 1.54) is 13.2 Å². The molecular formula is C11H17N3O3. The lowest BCUT2D eigenvalue weighted by molar-refractivity contribution is -0.118. The molecule has 0 aliphatic rings. The maximum atomic E-state index is 11.6. The molecule has 1 aromatic rings. The molecule has 3 N–H and O–H groups in total. The average Bonchev–Trinajstić information content (AvgIpc) is 2.65. The highest BCUT2D eigenvalue weighted by molar-refractivity contribution is 5.94. The number of ketones is 1. The number of carbonyl (C=O) groups excluding carboxylic acids is 2. The van der Waals surface area contributed by atoms with Gasteiger partial charge in [-0.25, -0.2) is 4.98 Å². The Kier molecular flexibility index (Phi) is 3.67.